The summed E-state index contributed by atoms with van der Waals surface area (Å²) < 4.78 is 10.3. The van der Waals surface area contributed by atoms with Crippen LogP contribution >= 0.6 is 0 Å². The van der Waals surface area contributed by atoms with Crippen molar-refractivity contribution < 1.29 is 19.1 Å². The zero-order valence-electron chi connectivity index (χ0n) is 12.1. The van der Waals surface area contributed by atoms with Crippen LogP contribution in [0.4, 0.5) is 5.69 Å². The standard InChI is InChI=1S/C14H19N3O4/c1-20-10-5-9(6-11(7-10)21-2)17-13(18)8-12-14(19)16-4-3-15-12/h5-7,12,15H,3-4,8H2,1-2H3,(H,16,19)(H,17,18)/t12-/m0/s1. The fourth-order valence-electron chi connectivity index (χ4n) is 2.09. The van der Waals surface area contributed by atoms with Crippen molar-refractivity contribution in [1.29, 1.82) is 0 Å². The molecule has 2 amide bonds. The van der Waals surface area contributed by atoms with Crippen molar-refractivity contribution in [3.05, 3.63) is 18.2 Å². The zero-order chi connectivity index (χ0) is 15.2. The SMILES string of the molecule is COc1cc(NC(=O)C[C@@H]2NCCNC2=O)cc(OC)c1. The van der Waals surface area contributed by atoms with Crippen LogP contribution in [0.15, 0.2) is 18.2 Å². The minimum Gasteiger partial charge on any atom is -0.497 e. The average Bonchev–Trinajstić information content (AvgIpc) is 2.49. The summed E-state index contributed by atoms with van der Waals surface area (Å²) in [5.74, 6) is 0.760. The predicted octanol–water partition coefficient (Wildman–Crippen LogP) is 0.120. The maximum Gasteiger partial charge on any atom is 0.237 e. The van der Waals surface area contributed by atoms with E-state index in [0.29, 0.717) is 30.3 Å². The molecule has 0 spiro atoms. The van der Waals surface area contributed by atoms with Crippen LogP contribution in [-0.4, -0.2) is 45.2 Å². The Bertz CT molecular complexity index is 511. The van der Waals surface area contributed by atoms with Gasteiger partial charge in [0.05, 0.1) is 26.7 Å². The number of nitrogens with one attached hydrogen (secondary N) is 3. The molecule has 1 aliphatic rings. The van der Waals surface area contributed by atoms with E-state index in [-0.39, 0.29) is 18.2 Å². The number of anilines is 1. The number of carbonyl (C=O) groups excluding carboxylic acids is 2. The third kappa shape index (κ3) is 4.09. The van der Waals surface area contributed by atoms with Crippen molar-refractivity contribution in [1.82, 2.24) is 10.6 Å². The van der Waals surface area contributed by atoms with E-state index in [0.717, 1.165) is 0 Å². The van der Waals surface area contributed by atoms with Crippen molar-refractivity contribution in [3.63, 3.8) is 0 Å². The topological polar surface area (TPSA) is 88.7 Å². The fourth-order valence-corrected chi connectivity index (χ4v) is 2.09. The lowest BCUT2D eigenvalue weighted by atomic mass is 10.1. The average molecular weight is 293 g/mol. The first kappa shape index (κ1) is 15.1. The van der Waals surface area contributed by atoms with E-state index in [1.165, 1.54) is 14.2 Å². The summed E-state index contributed by atoms with van der Waals surface area (Å²) in [7, 11) is 3.08. The van der Waals surface area contributed by atoms with Crippen molar-refractivity contribution in [3.8, 4) is 11.5 Å². The molecule has 1 aromatic carbocycles. The lowest BCUT2D eigenvalue weighted by molar-refractivity contribution is -0.127. The summed E-state index contributed by atoms with van der Waals surface area (Å²) in [5.41, 5.74) is 0.562. The Morgan fingerprint density at radius 1 is 1.24 bits per heavy atom. The summed E-state index contributed by atoms with van der Waals surface area (Å²) in [4.78, 5) is 23.6. The fraction of sp³-hybridized carbons (Fsp3) is 0.429. The van der Waals surface area contributed by atoms with Gasteiger partial charge in [-0.25, -0.2) is 0 Å². The van der Waals surface area contributed by atoms with Gasteiger partial charge in [-0.2, -0.15) is 0 Å². The van der Waals surface area contributed by atoms with Gasteiger partial charge in [0.25, 0.3) is 0 Å². The maximum atomic E-state index is 12.0. The number of ether oxygens (including phenoxy) is 2. The molecule has 1 fully saturated rings. The molecule has 0 radical (unpaired) electrons. The van der Waals surface area contributed by atoms with Crippen LogP contribution in [0.3, 0.4) is 0 Å². The first-order chi connectivity index (χ1) is 10.1. The van der Waals surface area contributed by atoms with Crippen molar-refractivity contribution in [2.45, 2.75) is 12.5 Å². The van der Waals surface area contributed by atoms with Crippen molar-refractivity contribution in [2.24, 2.45) is 0 Å². The first-order valence-corrected chi connectivity index (χ1v) is 6.66. The molecule has 0 unspecified atom stereocenters. The number of piperazine rings is 1. The molecule has 0 bridgehead atoms. The van der Waals surface area contributed by atoms with Gasteiger partial charge in [-0.15, -0.1) is 0 Å². The third-order valence-corrected chi connectivity index (χ3v) is 3.16. The molecule has 1 aliphatic heterocycles. The van der Waals surface area contributed by atoms with Gasteiger partial charge >= 0.3 is 0 Å². The quantitative estimate of drug-likeness (QED) is 0.717. The highest BCUT2D eigenvalue weighted by atomic mass is 16.5. The second-order valence-corrected chi connectivity index (χ2v) is 4.65. The molecule has 1 heterocycles. The van der Waals surface area contributed by atoms with Gasteiger partial charge in [0.15, 0.2) is 0 Å². The second-order valence-electron chi connectivity index (χ2n) is 4.65. The summed E-state index contributed by atoms with van der Waals surface area (Å²) in [6.45, 7) is 1.25. The minimum atomic E-state index is -0.494. The molecule has 0 saturated carbocycles. The van der Waals surface area contributed by atoms with E-state index in [1.54, 1.807) is 18.2 Å². The smallest absolute Gasteiger partial charge is 0.237 e. The summed E-state index contributed by atoms with van der Waals surface area (Å²) >= 11 is 0. The van der Waals surface area contributed by atoms with Crippen molar-refractivity contribution in [2.75, 3.05) is 32.6 Å². The Morgan fingerprint density at radius 3 is 2.48 bits per heavy atom. The number of hydrogen-bond acceptors (Lipinski definition) is 5. The summed E-state index contributed by atoms with van der Waals surface area (Å²) in [5, 5.41) is 8.47. The normalized spacial score (nSPS) is 17.8. The van der Waals surface area contributed by atoms with E-state index >= 15 is 0 Å². The van der Waals surface area contributed by atoms with Crippen LogP contribution in [0.25, 0.3) is 0 Å². The molecule has 0 aliphatic carbocycles. The monoisotopic (exact) mass is 293 g/mol. The predicted molar refractivity (Wildman–Crippen MR) is 77.6 cm³/mol. The Kier molecular flexibility index (Phi) is 4.99. The molecular formula is C14H19N3O4. The van der Waals surface area contributed by atoms with Gasteiger partial charge < -0.3 is 25.4 Å². The molecule has 1 saturated heterocycles. The largest absolute Gasteiger partial charge is 0.497 e. The Morgan fingerprint density at radius 2 is 1.90 bits per heavy atom. The van der Waals surface area contributed by atoms with Crippen LogP contribution < -0.4 is 25.4 Å². The minimum absolute atomic E-state index is 0.0748. The van der Waals surface area contributed by atoms with Crippen molar-refractivity contribution >= 4 is 17.5 Å². The highest BCUT2D eigenvalue weighted by molar-refractivity contribution is 5.95. The highest BCUT2D eigenvalue weighted by Crippen LogP contribution is 2.25. The zero-order valence-corrected chi connectivity index (χ0v) is 12.1. The van der Waals surface area contributed by atoms with Crippen LogP contribution in [-0.2, 0) is 9.59 Å². The van der Waals surface area contributed by atoms with Gasteiger partial charge in [0.1, 0.15) is 11.5 Å². The van der Waals surface area contributed by atoms with E-state index in [4.69, 9.17) is 9.47 Å². The van der Waals surface area contributed by atoms with Crippen LogP contribution in [0.1, 0.15) is 6.42 Å². The third-order valence-electron chi connectivity index (χ3n) is 3.16. The molecule has 2 rings (SSSR count). The highest BCUT2D eigenvalue weighted by Gasteiger charge is 2.24. The van der Waals surface area contributed by atoms with E-state index in [2.05, 4.69) is 16.0 Å². The van der Waals surface area contributed by atoms with Crippen LogP contribution in [0.2, 0.25) is 0 Å². The lowest BCUT2D eigenvalue weighted by Crippen LogP contribution is -2.53. The number of amides is 2. The van der Waals surface area contributed by atoms with Crippen LogP contribution in [0, 0.1) is 0 Å². The van der Waals surface area contributed by atoms with Gasteiger partial charge in [-0.05, 0) is 0 Å². The first-order valence-electron chi connectivity index (χ1n) is 6.66. The molecule has 3 N–H and O–H groups in total. The second kappa shape index (κ2) is 6.94. The van der Waals surface area contributed by atoms with Gasteiger partial charge in [-0.1, -0.05) is 0 Å². The number of rotatable bonds is 5. The van der Waals surface area contributed by atoms with E-state index in [9.17, 15) is 9.59 Å². The number of methoxy groups -OCH3 is 2. The lowest BCUT2D eigenvalue weighted by Gasteiger charge is -2.23. The van der Waals surface area contributed by atoms with Gasteiger partial charge in [-0.3, -0.25) is 9.59 Å². The number of hydrogen-bond donors (Lipinski definition) is 3. The molecule has 7 heteroatoms. The van der Waals surface area contributed by atoms with Crippen LogP contribution in [0.5, 0.6) is 11.5 Å². The Balaban J connectivity index is 2.00. The maximum absolute atomic E-state index is 12.0. The molecule has 21 heavy (non-hydrogen) atoms. The Labute approximate surface area is 123 Å². The molecule has 7 nitrogen and oxygen atoms in total. The van der Waals surface area contributed by atoms with E-state index in [1.807, 2.05) is 0 Å². The Hall–Kier alpha value is -2.28. The molecule has 114 valence electrons. The number of benzene rings is 1. The molecule has 1 atom stereocenters. The van der Waals surface area contributed by atoms with Gasteiger partial charge in [0, 0.05) is 37.0 Å². The molecular weight excluding hydrogens is 274 g/mol. The molecule has 0 aromatic heterocycles. The molecule has 1 aromatic rings. The summed E-state index contributed by atoms with van der Waals surface area (Å²) in [6.07, 6.45) is 0.0748. The van der Waals surface area contributed by atoms with E-state index < -0.39 is 6.04 Å². The summed E-state index contributed by atoms with van der Waals surface area (Å²) in [6, 6.07) is 4.60. The number of carbonyl (C=O) groups is 2. The van der Waals surface area contributed by atoms with Gasteiger partial charge in [0.2, 0.25) is 11.8 Å².